The van der Waals surface area contributed by atoms with E-state index >= 15 is 0 Å². The third kappa shape index (κ3) is 3.18. The predicted molar refractivity (Wildman–Crippen MR) is 75.8 cm³/mol. The Bertz CT molecular complexity index is 576. The number of thiophene rings is 1. The summed E-state index contributed by atoms with van der Waals surface area (Å²) in [6, 6.07) is 1.07. The number of hydrogen-bond donors (Lipinski definition) is 2. The van der Waals surface area contributed by atoms with E-state index in [-0.39, 0.29) is 4.21 Å². The fourth-order valence-electron chi connectivity index (χ4n) is 2.22. The minimum atomic E-state index is -3.64. The lowest BCUT2D eigenvalue weighted by Gasteiger charge is -2.16. The van der Waals surface area contributed by atoms with Crippen molar-refractivity contribution in [2.24, 2.45) is 5.92 Å². The largest absolute Gasteiger partial charge is 0.481 e. The lowest BCUT2D eigenvalue weighted by atomic mass is 10.1. The molecule has 0 saturated heterocycles. The Hall–Kier alpha value is -0.440. The van der Waals surface area contributed by atoms with Crippen LogP contribution in [0.25, 0.3) is 0 Å². The predicted octanol–water partition coefficient (Wildman–Crippen LogP) is 2.35. The molecule has 0 aliphatic heterocycles. The van der Waals surface area contributed by atoms with Crippen LogP contribution in [0.1, 0.15) is 24.8 Å². The lowest BCUT2D eigenvalue weighted by molar-refractivity contribution is -0.141. The van der Waals surface area contributed by atoms with Gasteiger partial charge in [0.2, 0.25) is 10.0 Å². The average molecular weight is 368 g/mol. The molecule has 1 aromatic rings. The Balaban J connectivity index is 2.20. The molecule has 0 aromatic carbocycles. The van der Waals surface area contributed by atoms with Crippen molar-refractivity contribution in [2.45, 2.75) is 36.4 Å². The van der Waals surface area contributed by atoms with Gasteiger partial charge in [0.05, 0.1) is 9.70 Å². The fraction of sp³-hybridized carbons (Fsp3) is 0.545. The van der Waals surface area contributed by atoms with Crippen LogP contribution in [-0.4, -0.2) is 25.5 Å². The van der Waals surface area contributed by atoms with Crippen LogP contribution in [0.5, 0.6) is 0 Å². The Labute approximate surface area is 124 Å². The molecule has 0 bridgehead atoms. The zero-order valence-corrected chi connectivity index (χ0v) is 13.4. The van der Waals surface area contributed by atoms with Gasteiger partial charge in [-0.1, -0.05) is 6.42 Å². The Morgan fingerprint density at radius 2 is 2.21 bits per heavy atom. The summed E-state index contributed by atoms with van der Waals surface area (Å²) in [6.07, 6.45) is 1.83. The van der Waals surface area contributed by atoms with Gasteiger partial charge in [-0.15, -0.1) is 11.3 Å². The van der Waals surface area contributed by atoms with Crippen LogP contribution in [0.4, 0.5) is 0 Å². The summed E-state index contributed by atoms with van der Waals surface area (Å²) in [5.41, 5.74) is 0.853. The molecule has 2 atom stereocenters. The maximum atomic E-state index is 12.2. The van der Waals surface area contributed by atoms with Crippen molar-refractivity contribution in [2.75, 3.05) is 0 Å². The van der Waals surface area contributed by atoms with Crippen LogP contribution < -0.4 is 4.72 Å². The minimum Gasteiger partial charge on any atom is -0.481 e. The van der Waals surface area contributed by atoms with Gasteiger partial charge in [0, 0.05) is 6.04 Å². The highest BCUT2D eigenvalue weighted by atomic mass is 79.9. The highest BCUT2D eigenvalue weighted by Gasteiger charge is 2.36. The van der Waals surface area contributed by atoms with Gasteiger partial charge in [0.15, 0.2) is 0 Å². The first-order valence-corrected chi connectivity index (χ1v) is 8.91. The molecule has 2 unspecified atom stereocenters. The smallest absolute Gasteiger partial charge is 0.308 e. The molecule has 1 aliphatic rings. The van der Waals surface area contributed by atoms with Crippen molar-refractivity contribution in [3.05, 3.63) is 15.4 Å². The number of nitrogens with one attached hydrogen (secondary N) is 1. The van der Waals surface area contributed by atoms with E-state index in [1.165, 1.54) is 0 Å². The summed E-state index contributed by atoms with van der Waals surface area (Å²) in [4.78, 5) is 11.1. The van der Waals surface area contributed by atoms with Gasteiger partial charge in [0.1, 0.15) is 4.21 Å². The van der Waals surface area contributed by atoms with Crippen molar-refractivity contribution in [3.8, 4) is 0 Å². The number of aliphatic carboxylic acids is 1. The summed E-state index contributed by atoms with van der Waals surface area (Å²) in [5.74, 6) is -1.56. The van der Waals surface area contributed by atoms with E-state index in [0.29, 0.717) is 12.8 Å². The maximum Gasteiger partial charge on any atom is 0.308 e. The third-order valence-corrected chi connectivity index (χ3v) is 7.34. The molecule has 2 N–H and O–H groups in total. The summed E-state index contributed by atoms with van der Waals surface area (Å²) in [5, 5.41) is 9.06. The zero-order valence-electron chi connectivity index (χ0n) is 10.2. The SMILES string of the molecule is Cc1cc(S(=O)(=O)NC2CCCC2C(=O)O)sc1Br. The fourth-order valence-corrected chi connectivity index (χ4v) is 5.77. The minimum absolute atomic E-state index is 0.216. The zero-order chi connectivity index (χ0) is 14.2. The van der Waals surface area contributed by atoms with Gasteiger partial charge in [-0.3, -0.25) is 4.79 Å². The molecule has 2 rings (SSSR count). The monoisotopic (exact) mass is 367 g/mol. The van der Waals surface area contributed by atoms with Gasteiger partial charge < -0.3 is 5.11 Å². The second-order valence-electron chi connectivity index (χ2n) is 4.63. The molecule has 0 spiro atoms. The molecule has 1 aromatic heterocycles. The molecular formula is C11H14BrNO4S2. The van der Waals surface area contributed by atoms with Crippen molar-refractivity contribution in [1.82, 2.24) is 4.72 Å². The van der Waals surface area contributed by atoms with Gasteiger partial charge in [-0.05, 0) is 47.3 Å². The second kappa shape index (κ2) is 5.51. The van der Waals surface area contributed by atoms with Crippen LogP contribution in [0.3, 0.4) is 0 Å². The Morgan fingerprint density at radius 1 is 1.53 bits per heavy atom. The molecular weight excluding hydrogens is 354 g/mol. The maximum absolute atomic E-state index is 12.2. The van der Waals surface area contributed by atoms with Gasteiger partial charge in [-0.2, -0.15) is 0 Å². The van der Waals surface area contributed by atoms with Crippen molar-refractivity contribution < 1.29 is 18.3 Å². The molecule has 8 heteroatoms. The van der Waals surface area contributed by atoms with Crippen LogP contribution in [0, 0.1) is 12.8 Å². The van der Waals surface area contributed by atoms with Crippen LogP contribution in [-0.2, 0) is 14.8 Å². The van der Waals surface area contributed by atoms with Gasteiger partial charge in [0.25, 0.3) is 0 Å². The Kier molecular flexibility index (Phi) is 4.34. The highest BCUT2D eigenvalue weighted by Crippen LogP contribution is 2.32. The normalized spacial score (nSPS) is 23.7. The summed E-state index contributed by atoms with van der Waals surface area (Å²) >= 11 is 4.42. The number of carboxylic acids is 1. The van der Waals surface area contributed by atoms with E-state index in [1.807, 2.05) is 6.92 Å². The number of carbonyl (C=O) groups is 1. The van der Waals surface area contributed by atoms with Crippen LogP contribution in [0.15, 0.2) is 14.1 Å². The number of carboxylic acid groups (broad SMARTS) is 1. The molecule has 5 nitrogen and oxygen atoms in total. The molecule has 1 fully saturated rings. The second-order valence-corrected chi connectivity index (χ2v) is 8.94. The molecule has 19 heavy (non-hydrogen) atoms. The molecule has 106 valence electrons. The molecule has 1 aliphatic carbocycles. The summed E-state index contributed by atoms with van der Waals surface area (Å²) < 4.78 is 27.9. The number of sulfonamides is 1. The lowest BCUT2D eigenvalue weighted by Crippen LogP contribution is -2.39. The molecule has 1 heterocycles. The van der Waals surface area contributed by atoms with E-state index < -0.39 is 28.0 Å². The Morgan fingerprint density at radius 3 is 2.74 bits per heavy atom. The average Bonchev–Trinajstić information content (AvgIpc) is 2.87. The first kappa shape index (κ1) is 15.0. The van der Waals surface area contributed by atoms with E-state index in [9.17, 15) is 13.2 Å². The highest BCUT2D eigenvalue weighted by molar-refractivity contribution is 9.11. The van der Waals surface area contributed by atoms with Crippen molar-refractivity contribution >= 4 is 43.3 Å². The van der Waals surface area contributed by atoms with Crippen molar-refractivity contribution in [1.29, 1.82) is 0 Å². The molecule has 1 saturated carbocycles. The standard InChI is InChI=1S/C11H14BrNO4S2/c1-6-5-9(18-10(6)12)19(16,17)13-8-4-2-3-7(8)11(14)15/h5,7-8,13H,2-4H2,1H3,(H,14,15). The van der Waals surface area contributed by atoms with E-state index in [4.69, 9.17) is 5.11 Å². The van der Waals surface area contributed by atoms with Gasteiger partial charge in [-0.25, -0.2) is 13.1 Å². The van der Waals surface area contributed by atoms with E-state index in [1.54, 1.807) is 6.07 Å². The van der Waals surface area contributed by atoms with E-state index in [2.05, 4.69) is 20.7 Å². The van der Waals surface area contributed by atoms with E-state index in [0.717, 1.165) is 27.1 Å². The first-order chi connectivity index (χ1) is 8.81. The number of hydrogen-bond acceptors (Lipinski definition) is 4. The quantitative estimate of drug-likeness (QED) is 0.855. The van der Waals surface area contributed by atoms with Crippen LogP contribution >= 0.6 is 27.3 Å². The number of aryl methyl sites for hydroxylation is 1. The number of halogens is 1. The summed E-state index contributed by atoms with van der Waals surface area (Å²) in [7, 11) is -3.64. The van der Waals surface area contributed by atoms with Crippen molar-refractivity contribution in [3.63, 3.8) is 0 Å². The topological polar surface area (TPSA) is 83.5 Å². The summed E-state index contributed by atoms with van der Waals surface area (Å²) in [6.45, 7) is 1.81. The third-order valence-electron chi connectivity index (χ3n) is 3.24. The molecule has 0 amide bonds. The van der Waals surface area contributed by atoms with Gasteiger partial charge >= 0.3 is 5.97 Å². The van der Waals surface area contributed by atoms with Crippen LogP contribution in [0.2, 0.25) is 0 Å². The number of rotatable bonds is 4. The molecule has 0 radical (unpaired) electrons. The first-order valence-electron chi connectivity index (χ1n) is 5.82.